The highest BCUT2D eigenvalue weighted by Gasteiger charge is 2.39. The maximum Gasteiger partial charge on any atom is 0.410 e. The topological polar surface area (TPSA) is 29.3 Å². The van der Waals surface area contributed by atoms with Crippen LogP contribution in [0.1, 0.15) is 40.5 Å². The molecule has 0 unspecified atom stereocenters. The molecule has 0 aromatic heterocycles. The van der Waals surface area contributed by atoms with E-state index in [1.807, 2.05) is 20.8 Å². The highest BCUT2D eigenvalue weighted by atomic mass is 16.6. The molecule has 1 amide bonds. The normalized spacial score (nSPS) is 21.5. The molecule has 1 saturated heterocycles. The van der Waals surface area contributed by atoms with Crippen LogP contribution in [0.5, 0.6) is 0 Å². The van der Waals surface area contributed by atoms with E-state index in [-0.39, 0.29) is 11.7 Å². The van der Waals surface area contributed by atoms with Gasteiger partial charge in [-0.15, -0.1) is 0 Å². The van der Waals surface area contributed by atoms with E-state index in [0.717, 1.165) is 19.4 Å². The third-order valence-electron chi connectivity index (χ3n) is 1.96. The van der Waals surface area contributed by atoms with Gasteiger partial charge in [0.1, 0.15) is 5.60 Å². The molecule has 3 nitrogen and oxygen atoms in total. The Kier molecular flexibility index (Phi) is 2.84. The molecule has 0 N–H and O–H groups in total. The number of hydrogen-bond donors (Lipinski definition) is 0. The Morgan fingerprint density at radius 3 is 2.62 bits per heavy atom. The van der Waals surface area contributed by atoms with Crippen molar-refractivity contribution in [2.75, 3.05) is 6.54 Å². The molecule has 0 aromatic carbocycles. The van der Waals surface area contributed by atoms with E-state index < -0.39 is 0 Å². The molecule has 1 atom stereocenters. The molecule has 1 rings (SSSR count). The lowest BCUT2D eigenvalue weighted by Crippen LogP contribution is -2.27. The summed E-state index contributed by atoms with van der Waals surface area (Å²) in [6, 6.07) is 0.444. The van der Waals surface area contributed by atoms with Gasteiger partial charge in [-0.25, -0.2) is 4.79 Å². The van der Waals surface area contributed by atoms with Gasteiger partial charge in [-0.2, -0.15) is 0 Å². The lowest BCUT2D eigenvalue weighted by atomic mass is 10.2. The third kappa shape index (κ3) is 3.25. The van der Waals surface area contributed by atoms with E-state index in [2.05, 4.69) is 6.92 Å². The second kappa shape index (κ2) is 3.56. The Balaban J connectivity index is 2.28. The average molecular weight is 185 g/mol. The average Bonchev–Trinajstić information content (AvgIpc) is 2.64. The van der Waals surface area contributed by atoms with Crippen molar-refractivity contribution in [3.05, 3.63) is 0 Å². The number of rotatable bonds is 2. The van der Waals surface area contributed by atoms with E-state index in [1.165, 1.54) is 0 Å². The Hall–Kier alpha value is -0.730. The van der Waals surface area contributed by atoms with Crippen LogP contribution in [-0.2, 0) is 4.74 Å². The van der Waals surface area contributed by atoms with Crippen LogP contribution in [0.2, 0.25) is 0 Å². The second-order valence-electron chi connectivity index (χ2n) is 4.58. The summed E-state index contributed by atoms with van der Waals surface area (Å²) in [4.78, 5) is 13.2. The quantitative estimate of drug-likeness (QED) is 0.618. The highest BCUT2D eigenvalue weighted by Crippen LogP contribution is 2.24. The number of carbonyl (C=O) groups is 1. The fourth-order valence-corrected chi connectivity index (χ4v) is 1.30. The van der Waals surface area contributed by atoms with Crippen molar-refractivity contribution in [2.45, 2.75) is 52.2 Å². The van der Waals surface area contributed by atoms with Gasteiger partial charge in [-0.3, -0.25) is 0 Å². The molecule has 0 bridgehead atoms. The summed E-state index contributed by atoms with van der Waals surface area (Å²) in [5.74, 6) is 0. The minimum absolute atomic E-state index is 0.161. The summed E-state index contributed by atoms with van der Waals surface area (Å²) < 4.78 is 5.23. The monoisotopic (exact) mass is 185 g/mol. The summed E-state index contributed by atoms with van der Waals surface area (Å²) in [5.41, 5.74) is -0.365. The fourth-order valence-electron chi connectivity index (χ4n) is 1.30. The van der Waals surface area contributed by atoms with E-state index in [4.69, 9.17) is 4.74 Å². The molecule has 0 aromatic rings. The molecular weight excluding hydrogens is 166 g/mol. The number of carbonyl (C=O) groups excluding carboxylic acids is 1. The summed E-state index contributed by atoms with van der Waals surface area (Å²) in [5, 5.41) is 0. The molecule has 1 aliphatic rings. The minimum Gasteiger partial charge on any atom is -0.444 e. The molecular formula is C10H19NO2. The van der Waals surface area contributed by atoms with Crippen molar-refractivity contribution in [1.82, 2.24) is 4.90 Å². The van der Waals surface area contributed by atoms with Gasteiger partial charge in [-0.05, 0) is 27.2 Å². The van der Waals surface area contributed by atoms with Crippen molar-refractivity contribution in [2.24, 2.45) is 0 Å². The Labute approximate surface area is 80.1 Å². The van der Waals surface area contributed by atoms with E-state index in [9.17, 15) is 4.79 Å². The molecule has 1 fully saturated rings. The zero-order valence-corrected chi connectivity index (χ0v) is 8.96. The van der Waals surface area contributed by atoms with Crippen LogP contribution >= 0.6 is 0 Å². The van der Waals surface area contributed by atoms with Crippen molar-refractivity contribution in [1.29, 1.82) is 0 Å². The van der Waals surface area contributed by atoms with Crippen LogP contribution in [0.15, 0.2) is 0 Å². The van der Waals surface area contributed by atoms with Crippen LogP contribution in [0.4, 0.5) is 4.79 Å². The van der Waals surface area contributed by atoms with Crippen LogP contribution in [0, 0.1) is 0 Å². The van der Waals surface area contributed by atoms with Gasteiger partial charge in [0, 0.05) is 6.54 Å². The van der Waals surface area contributed by atoms with Gasteiger partial charge in [0.15, 0.2) is 0 Å². The van der Waals surface area contributed by atoms with E-state index in [0.29, 0.717) is 6.04 Å². The smallest absolute Gasteiger partial charge is 0.410 e. The zero-order valence-electron chi connectivity index (χ0n) is 8.96. The lowest BCUT2D eigenvalue weighted by Gasteiger charge is -2.19. The summed E-state index contributed by atoms with van der Waals surface area (Å²) in [6.45, 7) is 8.68. The molecule has 0 aliphatic carbocycles. The third-order valence-corrected chi connectivity index (χ3v) is 1.96. The highest BCUT2D eigenvalue weighted by molar-refractivity contribution is 5.71. The molecule has 0 saturated carbocycles. The second-order valence-corrected chi connectivity index (χ2v) is 4.58. The Morgan fingerprint density at radius 1 is 1.54 bits per heavy atom. The van der Waals surface area contributed by atoms with E-state index in [1.54, 1.807) is 4.90 Å². The van der Waals surface area contributed by atoms with Gasteiger partial charge in [0.2, 0.25) is 0 Å². The SMILES string of the molecule is CCC[C@H]1CN1C(=O)OC(C)(C)C. The maximum absolute atomic E-state index is 11.4. The van der Waals surface area contributed by atoms with Crippen molar-refractivity contribution < 1.29 is 9.53 Å². The maximum atomic E-state index is 11.4. The fraction of sp³-hybridized carbons (Fsp3) is 0.900. The van der Waals surface area contributed by atoms with Crippen LogP contribution in [0.3, 0.4) is 0 Å². The predicted octanol–water partition coefficient (Wildman–Crippen LogP) is 2.41. The number of nitrogens with zero attached hydrogens (tertiary/aromatic N) is 1. The van der Waals surface area contributed by atoms with Gasteiger partial charge >= 0.3 is 6.09 Å². The van der Waals surface area contributed by atoms with Crippen LogP contribution in [0.25, 0.3) is 0 Å². The van der Waals surface area contributed by atoms with Gasteiger partial charge < -0.3 is 9.64 Å². The van der Waals surface area contributed by atoms with Crippen molar-refractivity contribution in [3.63, 3.8) is 0 Å². The van der Waals surface area contributed by atoms with E-state index >= 15 is 0 Å². The summed E-state index contributed by atoms with van der Waals surface area (Å²) >= 11 is 0. The molecule has 0 radical (unpaired) electrons. The van der Waals surface area contributed by atoms with Crippen molar-refractivity contribution in [3.8, 4) is 0 Å². The molecule has 1 aliphatic heterocycles. The first-order valence-corrected chi connectivity index (χ1v) is 4.93. The van der Waals surface area contributed by atoms with Crippen LogP contribution < -0.4 is 0 Å². The molecule has 1 heterocycles. The molecule has 13 heavy (non-hydrogen) atoms. The Bertz CT molecular complexity index is 196. The molecule has 76 valence electrons. The minimum atomic E-state index is -0.365. The summed E-state index contributed by atoms with van der Waals surface area (Å²) in [6.07, 6.45) is 2.06. The molecule has 3 heteroatoms. The first-order valence-electron chi connectivity index (χ1n) is 4.93. The van der Waals surface area contributed by atoms with Gasteiger partial charge in [-0.1, -0.05) is 13.3 Å². The largest absolute Gasteiger partial charge is 0.444 e. The first kappa shape index (κ1) is 10.4. The Morgan fingerprint density at radius 2 is 2.15 bits per heavy atom. The number of amides is 1. The number of ether oxygens (including phenoxy) is 1. The van der Waals surface area contributed by atoms with Crippen molar-refractivity contribution >= 4 is 6.09 Å². The number of hydrogen-bond acceptors (Lipinski definition) is 2. The standard InChI is InChI=1S/C10H19NO2/c1-5-6-8-7-11(8)9(12)13-10(2,3)4/h8H,5-7H2,1-4H3/t8-,11?/m0/s1. The summed E-state index contributed by atoms with van der Waals surface area (Å²) in [7, 11) is 0. The zero-order chi connectivity index (χ0) is 10.1. The lowest BCUT2D eigenvalue weighted by molar-refractivity contribution is 0.0405. The predicted molar refractivity (Wildman–Crippen MR) is 51.6 cm³/mol. The molecule has 0 spiro atoms. The first-order chi connectivity index (χ1) is 5.94. The van der Waals surface area contributed by atoms with Gasteiger partial charge in [0.25, 0.3) is 0 Å². The van der Waals surface area contributed by atoms with Crippen LogP contribution in [-0.4, -0.2) is 29.2 Å². The van der Waals surface area contributed by atoms with Gasteiger partial charge in [0.05, 0.1) is 6.04 Å².